The molecule has 4 N–H and O–H groups in total. The second kappa shape index (κ2) is 5.45. The number of amides is 2. The van der Waals surface area contributed by atoms with Crippen LogP contribution in [0.1, 0.15) is 19.4 Å². The lowest BCUT2D eigenvalue weighted by molar-refractivity contribution is -0.117. The third-order valence-corrected chi connectivity index (χ3v) is 2.23. The highest BCUT2D eigenvalue weighted by atomic mass is 16.2. The topological polar surface area (TPSA) is 84.2 Å². The Morgan fingerprint density at radius 1 is 1.29 bits per heavy atom. The van der Waals surface area contributed by atoms with Gasteiger partial charge in [-0.15, -0.1) is 0 Å². The van der Waals surface area contributed by atoms with E-state index in [0.29, 0.717) is 11.4 Å². The standard InChI is InChI=1S/C12H17N3O2/c1-7-4-5-10(15-12(17)8(2)13)6-11(7)14-9(3)16/h4-6,8H,13H2,1-3H3,(H,14,16)(H,15,17)/t8-/m1/s1. The van der Waals surface area contributed by atoms with Crippen LogP contribution in [0.5, 0.6) is 0 Å². The van der Waals surface area contributed by atoms with Gasteiger partial charge in [-0.25, -0.2) is 0 Å². The number of rotatable bonds is 3. The number of benzene rings is 1. The number of nitrogens with two attached hydrogens (primary N) is 1. The number of aryl methyl sites for hydroxylation is 1. The van der Waals surface area contributed by atoms with E-state index < -0.39 is 6.04 Å². The predicted molar refractivity (Wildman–Crippen MR) is 67.8 cm³/mol. The van der Waals surface area contributed by atoms with Crippen molar-refractivity contribution in [2.24, 2.45) is 5.73 Å². The van der Waals surface area contributed by atoms with Crippen molar-refractivity contribution in [2.45, 2.75) is 26.8 Å². The number of anilines is 2. The summed E-state index contributed by atoms with van der Waals surface area (Å²) < 4.78 is 0. The molecule has 0 fully saturated rings. The van der Waals surface area contributed by atoms with Crippen LogP contribution in [0.25, 0.3) is 0 Å². The molecule has 17 heavy (non-hydrogen) atoms. The minimum Gasteiger partial charge on any atom is -0.326 e. The van der Waals surface area contributed by atoms with Crippen LogP contribution < -0.4 is 16.4 Å². The zero-order valence-electron chi connectivity index (χ0n) is 10.2. The maximum atomic E-state index is 11.4. The van der Waals surface area contributed by atoms with Crippen molar-refractivity contribution in [3.8, 4) is 0 Å². The fourth-order valence-electron chi connectivity index (χ4n) is 1.28. The van der Waals surface area contributed by atoms with Crippen molar-refractivity contribution in [3.63, 3.8) is 0 Å². The van der Waals surface area contributed by atoms with Crippen LogP contribution in [0.4, 0.5) is 11.4 Å². The molecular weight excluding hydrogens is 218 g/mol. The van der Waals surface area contributed by atoms with Crippen molar-refractivity contribution < 1.29 is 9.59 Å². The van der Waals surface area contributed by atoms with Gasteiger partial charge in [0.15, 0.2) is 0 Å². The fourth-order valence-corrected chi connectivity index (χ4v) is 1.28. The lowest BCUT2D eigenvalue weighted by atomic mass is 10.1. The third-order valence-electron chi connectivity index (χ3n) is 2.23. The van der Waals surface area contributed by atoms with Gasteiger partial charge in [0.25, 0.3) is 0 Å². The molecule has 0 bridgehead atoms. The quantitative estimate of drug-likeness (QED) is 0.737. The maximum Gasteiger partial charge on any atom is 0.240 e. The first-order valence-electron chi connectivity index (χ1n) is 5.35. The molecule has 0 spiro atoms. The zero-order valence-corrected chi connectivity index (χ0v) is 10.2. The van der Waals surface area contributed by atoms with Gasteiger partial charge >= 0.3 is 0 Å². The molecule has 0 saturated carbocycles. The number of nitrogens with one attached hydrogen (secondary N) is 2. The number of hydrogen-bond donors (Lipinski definition) is 3. The Morgan fingerprint density at radius 2 is 1.94 bits per heavy atom. The Labute approximate surface area is 100 Å². The SMILES string of the molecule is CC(=O)Nc1cc(NC(=O)[C@@H](C)N)ccc1C. The summed E-state index contributed by atoms with van der Waals surface area (Å²) in [5.41, 5.74) is 7.67. The lowest BCUT2D eigenvalue weighted by Crippen LogP contribution is -2.32. The van der Waals surface area contributed by atoms with Crippen LogP contribution in [0.15, 0.2) is 18.2 Å². The van der Waals surface area contributed by atoms with E-state index in [1.54, 1.807) is 19.1 Å². The molecule has 0 aliphatic carbocycles. The summed E-state index contributed by atoms with van der Waals surface area (Å²) in [5.74, 6) is -0.411. The largest absolute Gasteiger partial charge is 0.326 e. The van der Waals surface area contributed by atoms with E-state index >= 15 is 0 Å². The average Bonchev–Trinajstić information content (AvgIpc) is 2.22. The average molecular weight is 235 g/mol. The molecular formula is C12H17N3O2. The van der Waals surface area contributed by atoms with Gasteiger partial charge in [-0.2, -0.15) is 0 Å². The van der Waals surface area contributed by atoms with Gasteiger partial charge in [0.1, 0.15) is 0 Å². The Kier molecular flexibility index (Phi) is 4.23. The molecule has 0 aliphatic rings. The van der Waals surface area contributed by atoms with Gasteiger partial charge in [-0.1, -0.05) is 6.07 Å². The molecule has 0 unspecified atom stereocenters. The maximum absolute atomic E-state index is 11.4. The van der Waals surface area contributed by atoms with Crippen LogP contribution in [0.2, 0.25) is 0 Å². The van der Waals surface area contributed by atoms with E-state index in [4.69, 9.17) is 5.73 Å². The van der Waals surface area contributed by atoms with Crippen LogP contribution in [-0.2, 0) is 9.59 Å². The molecule has 1 aromatic rings. The first kappa shape index (κ1) is 13.2. The molecule has 0 radical (unpaired) electrons. The summed E-state index contributed by atoms with van der Waals surface area (Å²) in [6.45, 7) is 4.92. The minimum absolute atomic E-state index is 0.149. The van der Waals surface area contributed by atoms with Crippen LogP contribution in [-0.4, -0.2) is 17.9 Å². The third kappa shape index (κ3) is 3.88. The van der Waals surface area contributed by atoms with Gasteiger partial charge in [0, 0.05) is 18.3 Å². The predicted octanol–water partition coefficient (Wildman–Crippen LogP) is 1.24. The smallest absolute Gasteiger partial charge is 0.240 e. The first-order valence-corrected chi connectivity index (χ1v) is 5.35. The van der Waals surface area contributed by atoms with Gasteiger partial charge in [-0.05, 0) is 31.5 Å². The van der Waals surface area contributed by atoms with E-state index in [1.807, 2.05) is 13.0 Å². The molecule has 92 valence electrons. The minimum atomic E-state index is -0.569. The molecule has 1 rings (SSSR count). The van der Waals surface area contributed by atoms with E-state index in [9.17, 15) is 9.59 Å². The molecule has 1 atom stereocenters. The monoisotopic (exact) mass is 235 g/mol. The molecule has 5 heteroatoms. The van der Waals surface area contributed by atoms with Crippen LogP contribution in [0, 0.1) is 6.92 Å². The summed E-state index contributed by atoms with van der Waals surface area (Å²) in [7, 11) is 0. The molecule has 0 saturated heterocycles. The van der Waals surface area contributed by atoms with Gasteiger partial charge in [-0.3, -0.25) is 9.59 Å². The highest BCUT2D eigenvalue weighted by Crippen LogP contribution is 2.20. The highest BCUT2D eigenvalue weighted by molar-refractivity contribution is 5.96. The van der Waals surface area contributed by atoms with Gasteiger partial charge in [0.2, 0.25) is 11.8 Å². The Bertz CT molecular complexity index is 441. The number of carbonyl (C=O) groups is 2. The molecule has 0 aromatic heterocycles. The molecule has 2 amide bonds. The number of carbonyl (C=O) groups excluding carboxylic acids is 2. The zero-order chi connectivity index (χ0) is 13.0. The van der Waals surface area contributed by atoms with Crippen molar-refractivity contribution >= 4 is 23.2 Å². The molecule has 0 aliphatic heterocycles. The van der Waals surface area contributed by atoms with Crippen molar-refractivity contribution in [1.29, 1.82) is 0 Å². The molecule has 5 nitrogen and oxygen atoms in total. The second-order valence-electron chi connectivity index (χ2n) is 3.99. The first-order chi connectivity index (χ1) is 7.90. The second-order valence-corrected chi connectivity index (χ2v) is 3.99. The van der Waals surface area contributed by atoms with Gasteiger partial charge in [0.05, 0.1) is 6.04 Å². The summed E-state index contributed by atoms with van der Waals surface area (Å²) >= 11 is 0. The van der Waals surface area contributed by atoms with Crippen molar-refractivity contribution in [2.75, 3.05) is 10.6 Å². The Balaban J connectivity index is 2.88. The van der Waals surface area contributed by atoms with Gasteiger partial charge < -0.3 is 16.4 Å². The summed E-state index contributed by atoms with van der Waals surface area (Å²) in [4.78, 5) is 22.4. The van der Waals surface area contributed by atoms with E-state index in [1.165, 1.54) is 6.92 Å². The number of hydrogen-bond acceptors (Lipinski definition) is 3. The highest BCUT2D eigenvalue weighted by Gasteiger charge is 2.08. The van der Waals surface area contributed by atoms with Crippen LogP contribution >= 0.6 is 0 Å². The Morgan fingerprint density at radius 3 is 2.47 bits per heavy atom. The summed E-state index contributed by atoms with van der Waals surface area (Å²) in [5, 5.41) is 5.36. The van der Waals surface area contributed by atoms with E-state index in [-0.39, 0.29) is 11.8 Å². The molecule has 0 heterocycles. The van der Waals surface area contributed by atoms with Crippen molar-refractivity contribution in [3.05, 3.63) is 23.8 Å². The lowest BCUT2D eigenvalue weighted by Gasteiger charge is -2.11. The summed E-state index contributed by atoms with van der Waals surface area (Å²) in [6, 6.07) is 4.72. The van der Waals surface area contributed by atoms with E-state index in [2.05, 4.69) is 10.6 Å². The fraction of sp³-hybridized carbons (Fsp3) is 0.333. The normalized spacial score (nSPS) is 11.8. The van der Waals surface area contributed by atoms with E-state index in [0.717, 1.165) is 5.56 Å². The van der Waals surface area contributed by atoms with Crippen LogP contribution in [0.3, 0.4) is 0 Å². The summed E-state index contributed by atoms with van der Waals surface area (Å²) in [6.07, 6.45) is 0. The molecule has 1 aromatic carbocycles. The Hall–Kier alpha value is -1.88. The van der Waals surface area contributed by atoms with Crippen molar-refractivity contribution in [1.82, 2.24) is 0 Å².